The van der Waals surface area contributed by atoms with Crippen LogP contribution in [0.2, 0.25) is 0 Å². The van der Waals surface area contributed by atoms with Crippen LogP contribution in [0.4, 0.5) is 0 Å². The first-order chi connectivity index (χ1) is 31.2. The van der Waals surface area contributed by atoms with E-state index in [1.54, 1.807) is 0 Å². The molecule has 0 saturated heterocycles. The van der Waals surface area contributed by atoms with Gasteiger partial charge in [-0.1, -0.05) is 152 Å². The van der Waals surface area contributed by atoms with Gasteiger partial charge in [-0.3, -0.25) is 0 Å². The van der Waals surface area contributed by atoms with Crippen LogP contribution >= 0.6 is 22.7 Å². The predicted molar refractivity (Wildman–Crippen MR) is 267 cm³/mol. The summed E-state index contributed by atoms with van der Waals surface area (Å²) in [5.74, 6) is 1.95. The molecule has 0 unspecified atom stereocenters. The highest BCUT2D eigenvalue weighted by Crippen LogP contribution is 2.48. The minimum Gasteiger partial charge on any atom is -0.309 e. The molecule has 0 spiro atoms. The highest BCUT2D eigenvalue weighted by Gasteiger charge is 2.21. The summed E-state index contributed by atoms with van der Waals surface area (Å²) >= 11 is 3.70. The van der Waals surface area contributed by atoms with Gasteiger partial charge >= 0.3 is 0 Å². The molecule has 294 valence electrons. The molecule has 0 aliphatic rings. The minimum atomic E-state index is 0.649. The Morgan fingerprint density at radius 2 is 0.857 bits per heavy atom. The second-order valence-corrected chi connectivity index (χ2v) is 18.1. The van der Waals surface area contributed by atoms with Gasteiger partial charge in [0.15, 0.2) is 17.5 Å². The fourth-order valence-corrected chi connectivity index (χ4v) is 11.8. The van der Waals surface area contributed by atoms with Crippen molar-refractivity contribution in [1.82, 2.24) is 19.5 Å². The first-order valence-electron chi connectivity index (χ1n) is 21.1. The maximum Gasteiger partial charge on any atom is 0.165 e. The molecule has 0 amide bonds. The SMILES string of the molecule is c1ccc(-c2nc(-c3ccccc3)nc(-c3cc(-c4cccc(-c5cccc(-n6c7ccccc7c7ccccc76)c5)c4)cc4c3sc3ccc5c6ccccc6sc5c34)n2)cc1. The third-order valence-corrected chi connectivity index (χ3v) is 14.6. The smallest absolute Gasteiger partial charge is 0.165 e. The maximum absolute atomic E-state index is 5.28. The van der Waals surface area contributed by atoms with Gasteiger partial charge in [-0.25, -0.2) is 15.0 Å². The number of aromatic nitrogens is 4. The molecular formula is C57H34N4S2. The Morgan fingerprint density at radius 1 is 0.317 bits per heavy atom. The van der Waals surface area contributed by atoms with Crippen molar-refractivity contribution < 1.29 is 0 Å². The van der Waals surface area contributed by atoms with Crippen molar-refractivity contribution in [2.45, 2.75) is 0 Å². The molecule has 0 fully saturated rings. The topological polar surface area (TPSA) is 43.6 Å². The zero-order valence-electron chi connectivity index (χ0n) is 33.7. The van der Waals surface area contributed by atoms with E-state index in [1.807, 2.05) is 59.1 Å². The van der Waals surface area contributed by atoms with E-state index < -0.39 is 0 Å². The van der Waals surface area contributed by atoms with Gasteiger partial charge in [-0.15, -0.1) is 22.7 Å². The van der Waals surface area contributed by atoms with Crippen LogP contribution in [0.15, 0.2) is 206 Å². The Hall–Kier alpha value is -7.77. The van der Waals surface area contributed by atoms with Crippen LogP contribution in [0.5, 0.6) is 0 Å². The fraction of sp³-hybridized carbons (Fsp3) is 0. The van der Waals surface area contributed by atoms with Crippen molar-refractivity contribution in [3.63, 3.8) is 0 Å². The molecule has 0 bridgehead atoms. The highest BCUT2D eigenvalue weighted by molar-refractivity contribution is 7.30. The van der Waals surface area contributed by atoms with Crippen molar-refractivity contribution in [2.75, 3.05) is 0 Å². The Bertz CT molecular complexity index is 3810. The normalized spacial score (nSPS) is 11.8. The molecule has 0 N–H and O–H groups in total. The molecule has 4 heterocycles. The number of thiophene rings is 2. The van der Waals surface area contributed by atoms with Gasteiger partial charge in [-0.2, -0.15) is 0 Å². The van der Waals surface area contributed by atoms with Crippen LogP contribution in [0.25, 0.3) is 124 Å². The van der Waals surface area contributed by atoms with Crippen molar-refractivity contribution in [3.05, 3.63) is 206 Å². The summed E-state index contributed by atoms with van der Waals surface area (Å²) in [6.07, 6.45) is 0. The minimum absolute atomic E-state index is 0.649. The lowest BCUT2D eigenvalue weighted by atomic mass is 9.95. The van der Waals surface area contributed by atoms with Gasteiger partial charge in [-0.05, 0) is 76.9 Å². The third-order valence-electron chi connectivity index (χ3n) is 12.2. The molecule has 0 radical (unpaired) electrons. The monoisotopic (exact) mass is 838 g/mol. The maximum atomic E-state index is 5.28. The van der Waals surface area contributed by atoms with Crippen molar-refractivity contribution in [2.24, 2.45) is 0 Å². The molecule has 0 aliphatic heterocycles. The molecular weight excluding hydrogens is 805 g/mol. The van der Waals surface area contributed by atoms with Crippen molar-refractivity contribution in [3.8, 4) is 62.1 Å². The van der Waals surface area contributed by atoms with Gasteiger partial charge in [0.05, 0.1) is 11.0 Å². The summed E-state index contributed by atoms with van der Waals surface area (Å²) in [4.78, 5) is 15.6. The van der Waals surface area contributed by atoms with E-state index in [0.29, 0.717) is 17.5 Å². The molecule has 6 heteroatoms. The second kappa shape index (κ2) is 14.4. The van der Waals surface area contributed by atoms with Crippen LogP contribution in [-0.2, 0) is 0 Å². The Kier molecular flexibility index (Phi) is 8.22. The first-order valence-corrected chi connectivity index (χ1v) is 22.7. The average molecular weight is 839 g/mol. The summed E-state index contributed by atoms with van der Waals surface area (Å²) in [6, 6.07) is 73.8. The van der Waals surface area contributed by atoms with Crippen LogP contribution in [0.3, 0.4) is 0 Å². The number of rotatable bonds is 6. The molecule has 4 aromatic heterocycles. The number of benzene rings is 9. The molecule has 4 nitrogen and oxygen atoms in total. The molecule has 13 rings (SSSR count). The number of nitrogens with zero attached hydrogens (tertiary/aromatic N) is 4. The van der Waals surface area contributed by atoms with Gasteiger partial charge < -0.3 is 4.57 Å². The lowest BCUT2D eigenvalue weighted by Crippen LogP contribution is -2.00. The van der Waals surface area contributed by atoms with Crippen molar-refractivity contribution in [1.29, 1.82) is 0 Å². The van der Waals surface area contributed by atoms with Gasteiger partial charge in [0.1, 0.15) is 0 Å². The first kappa shape index (κ1) is 35.9. The third kappa shape index (κ3) is 5.91. The second-order valence-electron chi connectivity index (χ2n) is 16.0. The van der Waals surface area contributed by atoms with E-state index in [2.05, 4.69) is 174 Å². The molecule has 0 aliphatic carbocycles. The Labute approximate surface area is 370 Å². The standard InChI is InChI=1S/C57H34N4S2/c1-3-15-35(16-4-1)55-58-56(36-17-5-2-6-18-36)60-57(59-55)47-34-40(33-46-52-51(63-53(46)47)30-29-45-44-25-9-12-28-50(44)62-54(45)52)38-20-13-19-37(31-38)39-21-14-22-41(32-39)61-48-26-10-7-23-42(48)43-24-8-11-27-49(43)61/h1-34H. The van der Waals surface area contributed by atoms with E-state index in [4.69, 9.17) is 15.0 Å². The highest BCUT2D eigenvalue weighted by atomic mass is 32.1. The summed E-state index contributed by atoms with van der Waals surface area (Å²) in [5, 5.41) is 7.59. The van der Waals surface area contributed by atoms with Crippen LogP contribution in [-0.4, -0.2) is 19.5 Å². The molecule has 9 aromatic carbocycles. The summed E-state index contributed by atoms with van der Waals surface area (Å²) in [6.45, 7) is 0. The number of hydrogen-bond acceptors (Lipinski definition) is 5. The quantitative estimate of drug-likeness (QED) is 0.168. The van der Waals surface area contributed by atoms with Gasteiger partial charge in [0, 0.05) is 73.5 Å². The molecule has 63 heavy (non-hydrogen) atoms. The van der Waals surface area contributed by atoms with E-state index >= 15 is 0 Å². The van der Waals surface area contributed by atoms with Gasteiger partial charge in [0.2, 0.25) is 0 Å². The Balaban J connectivity index is 1.04. The van der Waals surface area contributed by atoms with Gasteiger partial charge in [0.25, 0.3) is 0 Å². The van der Waals surface area contributed by atoms with E-state index in [1.165, 1.54) is 57.5 Å². The van der Waals surface area contributed by atoms with Crippen LogP contribution in [0.1, 0.15) is 0 Å². The zero-order chi connectivity index (χ0) is 41.4. The zero-order valence-corrected chi connectivity index (χ0v) is 35.4. The van der Waals surface area contributed by atoms with E-state index in [-0.39, 0.29) is 0 Å². The van der Waals surface area contributed by atoms with E-state index in [9.17, 15) is 0 Å². The van der Waals surface area contributed by atoms with Crippen LogP contribution < -0.4 is 0 Å². The summed E-state index contributed by atoms with van der Waals surface area (Å²) in [5.41, 5.74) is 11.0. The van der Waals surface area contributed by atoms with Crippen molar-refractivity contribution >= 4 is 84.8 Å². The lowest BCUT2D eigenvalue weighted by Gasteiger charge is -2.13. The fourth-order valence-electron chi connectivity index (χ4n) is 9.31. The number of fused-ring (bicyclic) bond motifs is 10. The van der Waals surface area contributed by atoms with E-state index in [0.717, 1.165) is 49.3 Å². The summed E-state index contributed by atoms with van der Waals surface area (Å²) in [7, 11) is 0. The Morgan fingerprint density at radius 3 is 1.56 bits per heavy atom. The molecule has 0 saturated carbocycles. The number of para-hydroxylation sites is 2. The predicted octanol–water partition coefficient (Wildman–Crippen LogP) is 16.0. The lowest BCUT2D eigenvalue weighted by molar-refractivity contribution is 1.08. The number of hydrogen-bond donors (Lipinski definition) is 0. The largest absolute Gasteiger partial charge is 0.309 e. The molecule has 13 aromatic rings. The average Bonchev–Trinajstić information content (AvgIpc) is 4.04. The summed E-state index contributed by atoms with van der Waals surface area (Å²) < 4.78 is 7.40. The molecule has 0 atom stereocenters. The van der Waals surface area contributed by atoms with Crippen LogP contribution in [0, 0.1) is 0 Å².